The van der Waals surface area contributed by atoms with Crippen LogP contribution in [0.5, 0.6) is 0 Å². The van der Waals surface area contributed by atoms with Crippen molar-refractivity contribution in [1.29, 1.82) is 0 Å². The van der Waals surface area contributed by atoms with Gasteiger partial charge in [0.1, 0.15) is 10.4 Å². The van der Waals surface area contributed by atoms with Gasteiger partial charge in [-0.25, -0.2) is 4.98 Å². The number of aromatic nitrogens is 1. The molecule has 2 rings (SSSR count). The minimum absolute atomic E-state index is 0.00630. The largest absolute Gasteiger partial charge is 0.444 e. The van der Waals surface area contributed by atoms with E-state index in [2.05, 4.69) is 27.6 Å². The number of oxazole rings is 1. The summed E-state index contributed by atoms with van der Waals surface area (Å²) in [4.78, 5) is 4.06. The van der Waals surface area contributed by atoms with Crippen LogP contribution >= 0.6 is 22.6 Å². The Balaban J connectivity index is 2.16. The number of hydrogen-bond acceptors (Lipinski definition) is 5. The average Bonchev–Trinajstić information content (AvgIpc) is 2.84. The summed E-state index contributed by atoms with van der Waals surface area (Å²) in [6.45, 7) is 0.607. The second-order valence-electron chi connectivity index (χ2n) is 3.26. The zero-order valence-corrected chi connectivity index (χ0v) is 10.2. The van der Waals surface area contributed by atoms with Crippen molar-refractivity contribution in [2.45, 2.75) is 22.7 Å². The average molecular weight is 325 g/mol. The first-order chi connectivity index (χ1) is 7.27. The third kappa shape index (κ3) is 2.32. The molecule has 1 aromatic rings. The van der Waals surface area contributed by atoms with Crippen LogP contribution < -0.4 is 0 Å². The van der Waals surface area contributed by atoms with Crippen LogP contribution in [0.15, 0.2) is 16.9 Å². The highest BCUT2D eigenvalue weighted by molar-refractivity contribution is 14.1. The SMILES string of the molecule is OCCCC1(c2ncco2)OCC(I)O1. The molecular weight excluding hydrogens is 313 g/mol. The number of halogens is 1. The number of aliphatic hydroxyl groups excluding tert-OH is 1. The van der Waals surface area contributed by atoms with Gasteiger partial charge in [-0.2, -0.15) is 0 Å². The number of alkyl halides is 1. The van der Waals surface area contributed by atoms with E-state index in [9.17, 15) is 0 Å². The molecule has 1 aliphatic heterocycles. The third-order valence-corrected chi connectivity index (χ3v) is 2.80. The molecule has 1 aromatic heterocycles. The van der Waals surface area contributed by atoms with E-state index in [0.717, 1.165) is 0 Å². The van der Waals surface area contributed by atoms with Crippen molar-refractivity contribution in [3.63, 3.8) is 0 Å². The minimum atomic E-state index is -0.905. The maximum Gasteiger partial charge on any atom is 0.255 e. The van der Waals surface area contributed by atoms with Gasteiger partial charge < -0.3 is 19.0 Å². The summed E-state index contributed by atoms with van der Waals surface area (Å²) < 4.78 is 16.5. The molecule has 0 aromatic carbocycles. The first-order valence-electron chi connectivity index (χ1n) is 4.73. The van der Waals surface area contributed by atoms with Crippen molar-refractivity contribution < 1.29 is 19.0 Å². The molecule has 0 spiro atoms. The first-order valence-corrected chi connectivity index (χ1v) is 5.98. The fourth-order valence-corrected chi connectivity index (χ4v) is 2.14. The highest BCUT2D eigenvalue weighted by Gasteiger charge is 2.45. The predicted molar refractivity (Wildman–Crippen MR) is 59.3 cm³/mol. The maximum absolute atomic E-state index is 8.84. The van der Waals surface area contributed by atoms with Gasteiger partial charge in [-0.05, 0) is 29.0 Å². The number of hydrogen-bond donors (Lipinski definition) is 1. The summed E-state index contributed by atoms with van der Waals surface area (Å²) in [5.41, 5.74) is 0. The van der Waals surface area contributed by atoms with E-state index in [0.29, 0.717) is 25.3 Å². The molecule has 1 fully saturated rings. The fraction of sp³-hybridized carbons (Fsp3) is 0.667. The van der Waals surface area contributed by atoms with Crippen molar-refractivity contribution in [2.24, 2.45) is 0 Å². The fourth-order valence-electron chi connectivity index (χ4n) is 1.55. The van der Waals surface area contributed by atoms with Crippen LogP contribution in [0.25, 0.3) is 0 Å². The Morgan fingerprint density at radius 1 is 1.67 bits per heavy atom. The topological polar surface area (TPSA) is 64.7 Å². The summed E-state index contributed by atoms with van der Waals surface area (Å²) >= 11 is 2.15. The van der Waals surface area contributed by atoms with Gasteiger partial charge >= 0.3 is 0 Å². The van der Waals surface area contributed by atoms with Crippen molar-refractivity contribution in [1.82, 2.24) is 4.98 Å². The summed E-state index contributed by atoms with van der Waals surface area (Å²) in [7, 11) is 0. The summed E-state index contributed by atoms with van der Waals surface area (Å²) in [6.07, 6.45) is 4.18. The molecule has 1 saturated heterocycles. The first kappa shape index (κ1) is 11.3. The van der Waals surface area contributed by atoms with Gasteiger partial charge in [0.15, 0.2) is 0 Å². The van der Waals surface area contributed by atoms with Gasteiger partial charge in [-0.1, -0.05) is 0 Å². The lowest BCUT2D eigenvalue weighted by Crippen LogP contribution is -2.28. The molecule has 1 aliphatic rings. The molecule has 84 valence electrons. The Kier molecular flexibility index (Phi) is 3.60. The Hall–Kier alpha value is -0.180. The normalized spacial score (nSPS) is 30.9. The van der Waals surface area contributed by atoms with Crippen LogP contribution in [0.2, 0.25) is 0 Å². The van der Waals surface area contributed by atoms with Crippen LogP contribution in [0, 0.1) is 0 Å². The molecule has 2 unspecified atom stereocenters. The second-order valence-corrected chi connectivity index (χ2v) is 4.65. The standard InChI is InChI=1S/C9H12INO4/c10-7-6-14-9(15-7,2-1-4-12)8-11-3-5-13-8/h3,5,7,12H,1-2,4,6H2. The van der Waals surface area contributed by atoms with Crippen LogP contribution in [0.3, 0.4) is 0 Å². The molecule has 2 heterocycles. The summed E-state index contributed by atoms with van der Waals surface area (Å²) in [6, 6.07) is 0. The number of ether oxygens (including phenoxy) is 2. The molecule has 0 radical (unpaired) electrons. The summed E-state index contributed by atoms with van der Waals surface area (Å²) in [5.74, 6) is -0.479. The molecule has 6 heteroatoms. The Morgan fingerprint density at radius 2 is 2.53 bits per heavy atom. The third-order valence-electron chi connectivity index (χ3n) is 2.19. The Labute approximate surface area is 101 Å². The van der Waals surface area contributed by atoms with E-state index in [1.807, 2.05) is 0 Å². The number of rotatable bonds is 4. The van der Waals surface area contributed by atoms with E-state index in [1.54, 1.807) is 6.20 Å². The van der Waals surface area contributed by atoms with Gasteiger partial charge in [-0.3, -0.25) is 0 Å². The lowest BCUT2D eigenvalue weighted by atomic mass is 10.1. The van der Waals surface area contributed by atoms with Crippen LogP contribution in [0.1, 0.15) is 18.7 Å². The summed E-state index contributed by atoms with van der Waals surface area (Å²) in [5, 5.41) is 8.84. The lowest BCUT2D eigenvalue weighted by Gasteiger charge is -2.23. The van der Waals surface area contributed by atoms with E-state index in [1.165, 1.54) is 6.26 Å². The van der Waals surface area contributed by atoms with Crippen LogP contribution in [-0.4, -0.2) is 27.4 Å². The smallest absolute Gasteiger partial charge is 0.255 e. The molecule has 0 aliphatic carbocycles. The van der Waals surface area contributed by atoms with Gasteiger partial charge in [0, 0.05) is 13.0 Å². The molecule has 2 atom stereocenters. The van der Waals surface area contributed by atoms with Crippen LogP contribution in [0.4, 0.5) is 0 Å². The monoisotopic (exact) mass is 325 g/mol. The Morgan fingerprint density at radius 3 is 3.07 bits per heavy atom. The van der Waals surface area contributed by atoms with Gasteiger partial charge in [0.25, 0.3) is 5.89 Å². The van der Waals surface area contributed by atoms with Gasteiger partial charge in [-0.15, -0.1) is 0 Å². The molecular formula is C9H12INO4. The van der Waals surface area contributed by atoms with E-state index in [4.69, 9.17) is 19.0 Å². The number of nitrogens with zero attached hydrogens (tertiary/aromatic N) is 1. The lowest BCUT2D eigenvalue weighted by molar-refractivity contribution is -0.190. The molecule has 0 bridgehead atoms. The van der Waals surface area contributed by atoms with Gasteiger partial charge in [0.2, 0.25) is 5.79 Å². The van der Waals surface area contributed by atoms with E-state index >= 15 is 0 Å². The van der Waals surface area contributed by atoms with Crippen molar-refractivity contribution in [3.8, 4) is 0 Å². The molecule has 0 amide bonds. The van der Waals surface area contributed by atoms with E-state index in [-0.39, 0.29) is 10.7 Å². The number of aliphatic hydroxyl groups is 1. The molecule has 15 heavy (non-hydrogen) atoms. The molecule has 5 nitrogen and oxygen atoms in total. The molecule has 0 saturated carbocycles. The highest BCUT2D eigenvalue weighted by Crippen LogP contribution is 2.39. The Bertz CT molecular complexity index is 305. The van der Waals surface area contributed by atoms with Crippen LogP contribution in [-0.2, 0) is 15.3 Å². The highest BCUT2D eigenvalue weighted by atomic mass is 127. The van der Waals surface area contributed by atoms with Gasteiger partial charge in [0.05, 0.1) is 12.8 Å². The van der Waals surface area contributed by atoms with E-state index < -0.39 is 5.79 Å². The second kappa shape index (κ2) is 4.77. The van der Waals surface area contributed by atoms with Crippen molar-refractivity contribution in [3.05, 3.63) is 18.4 Å². The zero-order chi connectivity index (χ0) is 10.7. The maximum atomic E-state index is 8.84. The van der Waals surface area contributed by atoms with Crippen molar-refractivity contribution in [2.75, 3.05) is 13.2 Å². The predicted octanol–water partition coefficient (Wildman–Crippen LogP) is 1.41. The van der Waals surface area contributed by atoms with Crippen molar-refractivity contribution >= 4 is 22.6 Å². The molecule has 1 N–H and O–H groups in total. The minimum Gasteiger partial charge on any atom is -0.444 e. The quantitative estimate of drug-likeness (QED) is 0.670. The zero-order valence-electron chi connectivity index (χ0n) is 8.06.